The summed E-state index contributed by atoms with van der Waals surface area (Å²) in [6.07, 6.45) is 5.57. The molecular formula is C17H23N3O. The van der Waals surface area contributed by atoms with Crippen molar-refractivity contribution < 1.29 is 0 Å². The Morgan fingerprint density at radius 2 is 2.00 bits per heavy atom. The van der Waals surface area contributed by atoms with E-state index in [0.717, 1.165) is 19.4 Å². The molecule has 112 valence electrons. The van der Waals surface area contributed by atoms with Crippen LogP contribution in [0.25, 0.3) is 0 Å². The van der Waals surface area contributed by atoms with Crippen molar-refractivity contribution in [1.29, 1.82) is 0 Å². The monoisotopic (exact) mass is 285 g/mol. The fourth-order valence-corrected chi connectivity index (χ4v) is 2.46. The minimum absolute atomic E-state index is 0.118. The number of benzene rings is 1. The maximum absolute atomic E-state index is 11.8. The molecular weight excluding hydrogens is 262 g/mol. The Hall–Kier alpha value is -1.94. The van der Waals surface area contributed by atoms with Crippen LogP contribution in [0.1, 0.15) is 37.4 Å². The van der Waals surface area contributed by atoms with E-state index in [9.17, 15) is 4.79 Å². The molecule has 1 atom stereocenters. The second-order valence-corrected chi connectivity index (χ2v) is 5.16. The van der Waals surface area contributed by atoms with Crippen molar-refractivity contribution in [2.45, 2.75) is 39.3 Å². The zero-order valence-electron chi connectivity index (χ0n) is 12.7. The molecule has 1 aromatic heterocycles. The van der Waals surface area contributed by atoms with Gasteiger partial charge in [0.25, 0.3) is 0 Å². The van der Waals surface area contributed by atoms with E-state index in [-0.39, 0.29) is 11.7 Å². The molecule has 21 heavy (non-hydrogen) atoms. The predicted octanol–water partition coefficient (Wildman–Crippen LogP) is 2.55. The molecule has 0 aliphatic heterocycles. The molecule has 1 N–H and O–H groups in total. The highest BCUT2D eigenvalue weighted by Crippen LogP contribution is 2.16. The first-order valence-corrected chi connectivity index (χ1v) is 7.58. The van der Waals surface area contributed by atoms with E-state index >= 15 is 0 Å². The lowest BCUT2D eigenvalue weighted by Crippen LogP contribution is -2.31. The average molecular weight is 285 g/mol. The average Bonchev–Trinajstić information content (AvgIpc) is 2.50. The third-order valence-corrected chi connectivity index (χ3v) is 3.53. The van der Waals surface area contributed by atoms with E-state index in [1.54, 1.807) is 16.8 Å². The lowest BCUT2D eigenvalue weighted by Gasteiger charge is -2.19. The number of aryl methyl sites for hydroxylation is 1. The highest BCUT2D eigenvalue weighted by molar-refractivity contribution is 5.25. The summed E-state index contributed by atoms with van der Waals surface area (Å²) in [7, 11) is 0. The van der Waals surface area contributed by atoms with Gasteiger partial charge in [-0.3, -0.25) is 4.57 Å². The first-order chi connectivity index (χ1) is 10.2. The lowest BCUT2D eigenvalue weighted by atomic mass is 10.0. The minimum Gasteiger partial charge on any atom is -0.309 e. The van der Waals surface area contributed by atoms with Gasteiger partial charge in [-0.1, -0.05) is 44.5 Å². The van der Waals surface area contributed by atoms with Gasteiger partial charge in [0.15, 0.2) is 0 Å². The topological polar surface area (TPSA) is 46.9 Å². The smallest absolute Gasteiger partial charge is 0.309 e. The van der Waals surface area contributed by atoms with Gasteiger partial charge >= 0.3 is 5.69 Å². The Bertz CT molecular complexity index is 604. The number of nitrogens with zero attached hydrogens (tertiary/aromatic N) is 2. The highest BCUT2D eigenvalue weighted by atomic mass is 16.1. The van der Waals surface area contributed by atoms with Gasteiger partial charge in [0, 0.05) is 18.9 Å². The normalized spacial score (nSPS) is 12.3. The number of likely N-dealkylation sites (N-methyl/N-ethyl adjacent to an activating group) is 1. The van der Waals surface area contributed by atoms with Crippen LogP contribution in [0, 0.1) is 0 Å². The van der Waals surface area contributed by atoms with Crippen LogP contribution < -0.4 is 11.0 Å². The van der Waals surface area contributed by atoms with Gasteiger partial charge in [0.1, 0.15) is 0 Å². The Morgan fingerprint density at radius 3 is 2.62 bits per heavy atom. The quantitative estimate of drug-likeness (QED) is 0.850. The van der Waals surface area contributed by atoms with Crippen molar-refractivity contribution in [2.75, 3.05) is 6.54 Å². The van der Waals surface area contributed by atoms with Gasteiger partial charge in [-0.05, 0) is 30.2 Å². The lowest BCUT2D eigenvalue weighted by molar-refractivity contribution is 0.462. The van der Waals surface area contributed by atoms with Crippen molar-refractivity contribution >= 4 is 0 Å². The second-order valence-electron chi connectivity index (χ2n) is 5.16. The van der Waals surface area contributed by atoms with Crippen molar-refractivity contribution in [2.24, 2.45) is 0 Å². The summed E-state index contributed by atoms with van der Waals surface area (Å²) in [5.74, 6) is 0. The van der Waals surface area contributed by atoms with Gasteiger partial charge in [-0.2, -0.15) is 0 Å². The van der Waals surface area contributed by atoms with E-state index < -0.39 is 0 Å². The molecule has 1 unspecified atom stereocenters. The van der Waals surface area contributed by atoms with Crippen molar-refractivity contribution in [3.63, 3.8) is 0 Å². The van der Waals surface area contributed by atoms with Crippen LogP contribution in [-0.4, -0.2) is 16.1 Å². The third-order valence-electron chi connectivity index (χ3n) is 3.53. The van der Waals surface area contributed by atoms with Gasteiger partial charge in [0.05, 0.1) is 6.04 Å². The van der Waals surface area contributed by atoms with Crippen LogP contribution in [0.4, 0.5) is 0 Å². The summed E-state index contributed by atoms with van der Waals surface area (Å²) in [5, 5.41) is 3.44. The molecule has 0 aliphatic carbocycles. The summed E-state index contributed by atoms with van der Waals surface area (Å²) >= 11 is 0. The molecule has 0 fully saturated rings. The van der Waals surface area contributed by atoms with Crippen molar-refractivity contribution in [1.82, 2.24) is 14.9 Å². The zero-order valence-corrected chi connectivity index (χ0v) is 12.7. The molecule has 1 heterocycles. The summed E-state index contributed by atoms with van der Waals surface area (Å²) < 4.78 is 1.65. The Labute approximate surface area is 125 Å². The number of hydrogen-bond acceptors (Lipinski definition) is 3. The fourth-order valence-electron chi connectivity index (χ4n) is 2.46. The molecule has 2 aromatic rings. The van der Waals surface area contributed by atoms with E-state index in [1.807, 2.05) is 0 Å². The molecule has 0 radical (unpaired) electrons. The SMILES string of the molecule is CCCc1ccc(C(Cn2cccnc2=O)NCC)cc1. The molecule has 4 nitrogen and oxygen atoms in total. The Morgan fingerprint density at radius 1 is 1.24 bits per heavy atom. The first-order valence-electron chi connectivity index (χ1n) is 7.58. The third kappa shape index (κ3) is 4.26. The summed E-state index contributed by atoms with van der Waals surface area (Å²) in [4.78, 5) is 15.6. The van der Waals surface area contributed by atoms with Crippen LogP contribution in [0.3, 0.4) is 0 Å². The van der Waals surface area contributed by atoms with Crippen molar-refractivity contribution in [3.8, 4) is 0 Å². The Kier molecular flexibility index (Phi) is 5.69. The Balaban J connectivity index is 2.18. The molecule has 0 amide bonds. The number of rotatable bonds is 7. The van der Waals surface area contributed by atoms with Crippen LogP contribution in [-0.2, 0) is 13.0 Å². The first kappa shape index (κ1) is 15.4. The number of nitrogens with one attached hydrogen (secondary N) is 1. The molecule has 0 bridgehead atoms. The van der Waals surface area contributed by atoms with E-state index in [1.165, 1.54) is 17.3 Å². The second kappa shape index (κ2) is 7.74. The van der Waals surface area contributed by atoms with Crippen molar-refractivity contribution in [3.05, 3.63) is 64.3 Å². The standard InChI is InChI=1S/C17H23N3O/c1-3-6-14-7-9-15(10-8-14)16(18-4-2)13-20-12-5-11-19-17(20)21/h5,7-12,16,18H,3-4,6,13H2,1-2H3. The van der Waals surface area contributed by atoms with E-state index in [4.69, 9.17) is 0 Å². The summed E-state index contributed by atoms with van der Waals surface area (Å²) in [6, 6.07) is 10.6. The maximum atomic E-state index is 11.8. The highest BCUT2D eigenvalue weighted by Gasteiger charge is 2.11. The fraction of sp³-hybridized carbons (Fsp3) is 0.412. The molecule has 0 aliphatic rings. The zero-order chi connectivity index (χ0) is 15.1. The predicted molar refractivity (Wildman–Crippen MR) is 85.4 cm³/mol. The van der Waals surface area contributed by atoms with E-state index in [2.05, 4.69) is 48.4 Å². The van der Waals surface area contributed by atoms with Crippen LogP contribution in [0.15, 0.2) is 47.5 Å². The molecule has 0 spiro atoms. The summed E-state index contributed by atoms with van der Waals surface area (Å²) in [5.41, 5.74) is 2.35. The molecule has 1 aromatic carbocycles. The molecule has 0 saturated carbocycles. The maximum Gasteiger partial charge on any atom is 0.347 e. The largest absolute Gasteiger partial charge is 0.347 e. The van der Waals surface area contributed by atoms with Crippen LogP contribution in [0.5, 0.6) is 0 Å². The number of hydrogen-bond donors (Lipinski definition) is 1. The van der Waals surface area contributed by atoms with Gasteiger partial charge in [0.2, 0.25) is 0 Å². The van der Waals surface area contributed by atoms with Gasteiger partial charge in [-0.15, -0.1) is 0 Å². The minimum atomic E-state index is -0.206. The van der Waals surface area contributed by atoms with Gasteiger partial charge < -0.3 is 5.32 Å². The van der Waals surface area contributed by atoms with E-state index in [0.29, 0.717) is 6.54 Å². The van der Waals surface area contributed by atoms with Gasteiger partial charge in [-0.25, -0.2) is 9.78 Å². The summed E-state index contributed by atoms with van der Waals surface area (Å²) in [6.45, 7) is 5.71. The molecule has 4 heteroatoms. The van der Waals surface area contributed by atoms with Crippen LogP contribution >= 0.6 is 0 Å². The van der Waals surface area contributed by atoms with Crippen LogP contribution in [0.2, 0.25) is 0 Å². The molecule has 2 rings (SSSR count). The number of aromatic nitrogens is 2. The molecule has 0 saturated heterocycles.